The molecule has 0 aliphatic heterocycles. The zero-order valence-corrected chi connectivity index (χ0v) is 15.3. The van der Waals surface area contributed by atoms with Gasteiger partial charge in [-0.3, -0.25) is 19.6 Å². The Bertz CT molecular complexity index is 985. The Hall–Kier alpha value is -3.52. The van der Waals surface area contributed by atoms with E-state index < -0.39 is 5.91 Å². The molecule has 0 spiro atoms. The number of benzene rings is 2. The Kier molecular flexibility index (Phi) is 5.58. The van der Waals surface area contributed by atoms with Gasteiger partial charge >= 0.3 is 0 Å². The van der Waals surface area contributed by atoms with E-state index >= 15 is 0 Å². The molecule has 3 rings (SSSR count). The fourth-order valence-electron chi connectivity index (χ4n) is 2.37. The molecule has 0 bridgehead atoms. The first-order chi connectivity index (χ1) is 13.0. The zero-order chi connectivity index (χ0) is 19.2. The highest BCUT2D eigenvalue weighted by atomic mass is 32.1. The molecule has 136 valence electrons. The number of carbonyl (C=O) groups excluding carboxylic acids is 2. The Labute approximate surface area is 161 Å². The highest BCUT2D eigenvalue weighted by Crippen LogP contribution is 2.17. The molecule has 0 radical (unpaired) electrons. The van der Waals surface area contributed by atoms with Crippen molar-refractivity contribution in [3.05, 3.63) is 78.1 Å². The van der Waals surface area contributed by atoms with Gasteiger partial charge in [-0.15, -0.1) is 0 Å². The first-order valence-corrected chi connectivity index (χ1v) is 8.51. The van der Waals surface area contributed by atoms with Gasteiger partial charge in [-0.2, -0.15) is 5.10 Å². The van der Waals surface area contributed by atoms with Gasteiger partial charge in [0.2, 0.25) is 0 Å². The topological polar surface area (TPSA) is 88.0 Å². The van der Waals surface area contributed by atoms with Gasteiger partial charge < -0.3 is 10.6 Å². The number of hydrogen-bond acceptors (Lipinski definition) is 4. The molecule has 0 fully saturated rings. The highest BCUT2D eigenvalue weighted by molar-refractivity contribution is 7.80. The lowest BCUT2D eigenvalue weighted by atomic mass is 10.1. The Morgan fingerprint density at radius 1 is 0.926 bits per heavy atom. The van der Waals surface area contributed by atoms with E-state index in [1.54, 1.807) is 55.7 Å². The summed E-state index contributed by atoms with van der Waals surface area (Å²) in [7, 11) is 1.72. The van der Waals surface area contributed by atoms with Crippen LogP contribution in [0.2, 0.25) is 0 Å². The lowest BCUT2D eigenvalue weighted by molar-refractivity contribution is 0.0971. The zero-order valence-electron chi connectivity index (χ0n) is 14.5. The van der Waals surface area contributed by atoms with Gasteiger partial charge in [0.05, 0.1) is 11.3 Å². The summed E-state index contributed by atoms with van der Waals surface area (Å²) >= 11 is 5.19. The molecule has 0 saturated carbocycles. The number of hydrogen-bond donors (Lipinski definition) is 3. The molecule has 3 aromatic rings. The van der Waals surface area contributed by atoms with Gasteiger partial charge in [0, 0.05) is 18.9 Å². The van der Waals surface area contributed by atoms with Crippen LogP contribution in [0.1, 0.15) is 20.8 Å². The third-order valence-corrected chi connectivity index (χ3v) is 3.83. The first kappa shape index (κ1) is 18.3. The summed E-state index contributed by atoms with van der Waals surface area (Å²) in [5, 5.41) is 12.3. The minimum absolute atomic E-state index is 0.0746. The third kappa shape index (κ3) is 4.77. The molecular weight excluding hydrogens is 362 g/mol. The van der Waals surface area contributed by atoms with Crippen LogP contribution in [0, 0.1) is 0 Å². The fraction of sp³-hybridized carbons (Fsp3) is 0.0526. The number of para-hydroxylation sites is 2. The molecule has 27 heavy (non-hydrogen) atoms. The largest absolute Gasteiger partial charge is 0.332 e. The van der Waals surface area contributed by atoms with E-state index in [-0.39, 0.29) is 16.7 Å². The van der Waals surface area contributed by atoms with E-state index in [1.165, 1.54) is 4.68 Å². The quantitative estimate of drug-likeness (QED) is 0.607. The standard InChI is InChI=1S/C19H17N5O2S/c1-24-12-11-16(23-24)18(26)22-19(27)21-15-10-6-5-9-14(15)17(25)20-13-7-3-2-4-8-13/h2-12H,1H3,(H,20,25)(H2,21,22,26,27). The average Bonchev–Trinajstić information content (AvgIpc) is 3.09. The molecule has 0 saturated heterocycles. The van der Waals surface area contributed by atoms with Crippen molar-refractivity contribution in [1.82, 2.24) is 15.1 Å². The summed E-state index contributed by atoms with van der Waals surface area (Å²) in [6.07, 6.45) is 1.66. The van der Waals surface area contributed by atoms with Gasteiger partial charge in [-0.1, -0.05) is 30.3 Å². The molecule has 8 heteroatoms. The van der Waals surface area contributed by atoms with Crippen LogP contribution >= 0.6 is 12.2 Å². The normalized spacial score (nSPS) is 10.1. The van der Waals surface area contributed by atoms with Gasteiger partial charge in [-0.05, 0) is 42.5 Å². The lowest BCUT2D eigenvalue weighted by Crippen LogP contribution is -2.35. The summed E-state index contributed by atoms with van der Waals surface area (Å²) in [6.45, 7) is 0. The van der Waals surface area contributed by atoms with Gasteiger partial charge in [0.15, 0.2) is 10.8 Å². The molecule has 2 amide bonds. The van der Waals surface area contributed by atoms with Crippen LogP contribution in [0.15, 0.2) is 66.9 Å². The van der Waals surface area contributed by atoms with E-state index in [9.17, 15) is 9.59 Å². The number of nitrogens with zero attached hydrogens (tertiary/aromatic N) is 2. The van der Waals surface area contributed by atoms with Gasteiger partial charge in [-0.25, -0.2) is 0 Å². The molecule has 7 nitrogen and oxygen atoms in total. The first-order valence-electron chi connectivity index (χ1n) is 8.10. The van der Waals surface area contributed by atoms with Crippen LogP contribution < -0.4 is 16.0 Å². The van der Waals surface area contributed by atoms with Crippen molar-refractivity contribution in [3.8, 4) is 0 Å². The highest BCUT2D eigenvalue weighted by Gasteiger charge is 2.14. The van der Waals surface area contributed by atoms with Crippen LogP contribution in [0.25, 0.3) is 0 Å². The second-order valence-electron chi connectivity index (χ2n) is 5.65. The van der Waals surface area contributed by atoms with Crippen LogP contribution in [-0.4, -0.2) is 26.7 Å². The van der Waals surface area contributed by atoms with Crippen molar-refractivity contribution in [2.24, 2.45) is 7.05 Å². The Balaban J connectivity index is 1.69. The molecule has 1 heterocycles. The number of thiocarbonyl (C=S) groups is 1. The number of carbonyl (C=O) groups is 2. The van der Waals surface area contributed by atoms with Crippen molar-refractivity contribution < 1.29 is 9.59 Å². The molecule has 0 aliphatic rings. The van der Waals surface area contributed by atoms with Crippen LogP contribution in [-0.2, 0) is 7.05 Å². The van der Waals surface area contributed by atoms with Crippen LogP contribution in [0.3, 0.4) is 0 Å². The molecule has 0 unspecified atom stereocenters. The minimum Gasteiger partial charge on any atom is -0.332 e. The summed E-state index contributed by atoms with van der Waals surface area (Å²) in [6, 6.07) is 17.6. The Morgan fingerprint density at radius 3 is 2.33 bits per heavy atom. The van der Waals surface area contributed by atoms with Gasteiger partial charge in [0.1, 0.15) is 0 Å². The molecule has 0 aliphatic carbocycles. The van der Waals surface area contributed by atoms with E-state index in [4.69, 9.17) is 12.2 Å². The van der Waals surface area contributed by atoms with Crippen molar-refractivity contribution in [2.75, 3.05) is 10.6 Å². The smallest absolute Gasteiger partial charge is 0.277 e. The fourth-order valence-corrected chi connectivity index (χ4v) is 2.57. The number of aryl methyl sites for hydroxylation is 1. The monoisotopic (exact) mass is 379 g/mol. The minimum atomic E-state index is -0.431. The van der Waals surface area contributed by atoms with Crippen LogP contribution in [0.4, 0.5) is 11.4 Å². The van der Waals surface area contributed by atoms with E-state index in [0.29, 0.717) is 16.9 Å². The van der Waals surface area contributed by atoms with Crippen molar-refractivity contribution in [3.63, 3.8) is 0 Å². The Morgan fingerprint density at radius 2 is 1.63 bits per heavy atom. The predicted octanol–water partition coefficient (Wildman–Crippen LogP) is 2.80. The second kappa shape index (κ2) is 8.24. The predicted molar refractivity (Wildman–Crippen MR) is 108 cm³/mol. The van der Waals surface area contributed by atoms with E-state index in [1.807, 2.05) is 18.2 Å². The van der Waals surface area contributed by atoms with Gasteiger partial charge in [0.25, 0.3) is 11.8 Å². The molecule has 0 atom stereocenters. The number of nitrogens with one attached hydrogen (secondary N) is 3. The molecule has 2 aromatic carbocycles. The molecule has 1 aromatic heterocycles. The number of amides is 2. The van der Waals surface area contributed by atoms with E-state index in [2.05, 4.69) is 21.0 Å². The third-order valence-electron chi connectivity index (χ3n) is 3.62. The maximum atomic E-state index is 12.6. The maximum absolute atomic E-state index is 12.6. The SMILES string of the molecule is Cn1ccc(C(=O)NC(=S)Nc2ccccc2C(=O)Nc2ccccc2)n1. The summed E-state index contributed by atoms with van der Waals surface area (Å²) in [5.41, 5.74) is 1.81. The van der Waals surface area contributed by atoms with Crippen LogP contribution in [0.5, 0.6) is 0 Å². The van der Waals surface area contributed by atoms with Crippen molar-refractivity contribution in [2.45, 2.75) is 0 Å². The maximum Gasteiger partial charge on any atom is 0.277 e. The number of aromatic nitrogens is 2. The molecular formula is C19H17N5O2S. The van der Waals surface area contributed by atoms with E-state index in [0.717, 1.165) is 0 Å². The number of rotatable bonds is 4. The summed E-state index contributed by atoms with van der Waals surface area (Å²) < 4.78 is 1.52. The molecule has 3 N–H and O–H groups in total. The second-order valence-corrected chi connectivity index (χ2v) is 6.06. The van der Waals surface area contributed by atoms with Crippen molar-refractivity contribution >= 4 is 40.5 Å². The summed E-state index contributed by atoms with van der Waals surface area (Å²) in [4.78, 5) is 24.7. The number of anilines is 2. The average molecular weight is 379 g/mol. The summed E-state index contributed by atoms with van der Waals surface area (Å²) in [5.74, 6) is -0.720. The van der Waals surface area contributed by atoms with Crippen molar-refractivity contribution in [1.29, 1.82) is 0 Å². The lowest BCUT2D eigenvalue weighted by Gasteiger charge is -2.13.